The van der Waals surface area contributed by atoms with E-state index < -0.39 is 0 Å². The van der Waals surface area contributed by atoms with E-state index in [0.29, 0.717) is 5.89 Å². The van der Waals surface area contributed by atoms with Crippen LogP contribution in [-0.4, -0.2) is 10.1 Å². The lowest BCUT2D eigenvalue weighted by molar-refractivity contribution is -0.109. The zero-order valence-electron chi connectivity index (χ0n) is 7.90. The lowest BCUT2D eigenvalue weighted by Crippen LogP contribution is -1.80. The second-order valence-electron chi connectivity index (χ2n) is 2.96. The molecule has 0 aliphatic carbocycles. The first-order valence-electron chi connectivity index (χ1n) is 4.21. The average Bonchev–Trinajstić information content (AvgIpc) is 2.42. The molecule has 72 valence electrons. The number of rotatable bonds is 1. The number of hydrogen-bond acceptors (Lipinski definition) is 4. The van der Waals surface area contributed by atoms with Crippen LogP contribution in [0.25, 0.3) is 11.1 Å². The van der Waals surface area contributed by atoms with Gasteiger partial charge in [-0.05, 0) is 18.2 Å². The predicted molar refractivity (Wildman–Crippen MR) is 55.3 cm³/mol. The molecule has 0 aliphatic heterocycles. The van der Waals surface area contributed by atoms with Gasteiger partial charge in [-0.1, -0.05) is 11.8 Å². The number of carbonyl (C=O) groups excluding carboxylic acids is 1. The van der Waals surface area contributed by atoms with Crippen LogP contribution in [0.5, 0.6) is 0 Å². The number of aryl methyl sites for hydroxylation is 1. The summed E-state index contributed by atoms with van der Waals surface area (Å²) in [6.45, 7) is 3.35. The third-order valence-electron chi connectivity index (χ3n) is 1.73. The minimum absolute atomic E-state index is 0.0737. The first-order chi connectivity index (χ1) is 6.65. The molecule has 2 aromatic rings. The molecule has 1 aromatic heterocycles. The first-order valence-corrected chi connectivity index (χ1v) is 5.02. The van der Waals surface area contributed by atoms with Gasteiger partial charge in [0.15, 0.2) is 16.6 Å². The van der Waals surface area contributed by atoms with Crippen LogP contribution in [0, 0.1) is 6.92 Å². The number of aromatic nitrogens is 1. The molecule has 0 spiro atoms. The molecule has 0 saturated heterocycles. The largest absolute Gasteiger partial charge is 0.441 e. The van der Waals surface area contributed by atoms with Crippen molar-refractivity contribution in [1.29, 1.82) is 0 Å². The summed E-state index contributed by atoms with van der Waals surface area (Å²) in [5, 5.41) is 0.0737. The van der Waals surface area contributed by atoms with Gasteiger partial charge in [-0.2, -0.15) is 0 Å². The number of benzene rings is 1. The Labute approximate surface area is 85.5 Å². The van der Waals surface area contributed by atoms with Gasteiger partial charge in [-0.3, -0.25) is 4.79 Å². The lowest BCUT2D eigenvalue weighted by Gasteiger charge is -1.94. The fourth-order valence-corrected chi connectivity index (χ4v) is 1.89. The molecular weight excluding hydrogens is 198 g/mol. The quantitative estimate of drug-likeness (QED) is 0.674. The lowest BCUT2D eigenvalue weighted by atomic mass is 10.3. The maximum atomic E-state index is 10.9. The summed E-state index contributed by atoms with van der Waals surface area (Å²) in [7, 11) is 0. The van der Waals surface area contributed by atoms with E-state index in [2.05, 4.69) is 4.98 Å². The Morgan fingerprint density at radius 2 is 2.29 bits per heavy atom. The van der Waals surface area contributed by atoms with E-state index in [0.717, 1.165) is 16.0 Å². The van der Waals surface area contributed by atoms with E-state index >= 15 is 0 Å². The number of oxazole rings is 1. The number of fused-ring (bicyclic) bond motifs is 1. The van der Waals surface area contributed by atoms with E-state index in [-0.39, 0.29) is 5.12 Å². The topological polar surface area (TPSA) is 43.1 Å². The second-order valence-corrected chi connectivity index (χ2v) is 4.21. The van der Waals surface area contributed by atoms with Gasteiger partial charge < -0.3 is 4.42 Å². The van der Waals surface area contributed by atoms with Crippen LogP contribution >= 0.6 is 11.8 Å². The van der Waals surface area contributed by atoms with Crippen molar-refractivity contribution in [2.45, 2.75) is 18.7 Å². The molecule has 3 nitrogen and oxygen atoms in total. The summed E-state index contributed by atoms with van der Waals surface area (Å²) in [5.74, 6) is 0.643. The van der Waals surface area contributed by atoms with Gasteiger partial charge in [0.05, 0.1) is 0 Å². The summed E-state index contributed by atoms with van der Waals surface area (Å²) in [5.41, 5.74) is 1.56. The van der Waals surface area contributed by atoms with Crippen molar-refractivity contribution in [3.63, 3.8) is 0 Å². The van der Waals surface area contributed by atoms with Crippen molar-refractivity contribution in [3.05, 3.63) is 24.1 Å². The van der Waals surface area contributed by atoms with Gasteiger partial charge in [-0.15, -0.1) is 0 Å². The third-order valence-corrected chi connectivity index (χ3v) is 2.50. The SMILES string of the molecule is CC(=O)Sc1ccc2oc(C)nc2c1. The maximum Gasteiger partial charge on any atom is 0.192 e. The molecular formula is C10H9NO2S. The summed E-state index contributed by atoms with van der Waals surface area (Å²) in [6, 6.07) is 5.55. The number of hydrogen-bond donors (Lipinski definition) is 0. The minimum atomic E-state index is 0.0737. The van der Waals surface area contributed by atoms with E-state index in [4.69, 9.17) is 4.42 Å². The molecule has 14 heavy (non-hydrogen) atoms. The Morgan fingerprint density at radius 1 is 1.50 bits per heavy atom. The Bertz CT molecular complexity index is 490. The summed E-state index contributed by atoms with van der Waals surface area (Å²) >= 11 is 1.20. The van der Waals surface area contributed by atoms with Crippen molar-refractivity contribution in [2.75, 3.05) is 0 Å². The zero-order valence-corrected chi connectivity index (χ0v) is 8.72. The summed E-state index contributed by atoms with van der Waals surface area (Å²) < 4.78 is 5.32. The van der Waals surface area contributed by atoms with Crippen molar-refractivity contribution < 1.29 is 9.21 Å². The molecule has 0 fully saturated rings. The van der Waals surface area contributed by atoms with Gasteiger partial charge in [0.2, 0.25) is 0 Å². The average molecular weight is 207 g/mol. The Hall–Kier alpha value is -1.29. The first kappa shape index (κ1) is 9.27. The highest BCUT2D eigenvalue weighted by atomic mass is 32.2. The highest BCUT2D eigenvalue weighted by Gasteiger charge is 2.04. The molecule has 4 heteroatoms. The second kappa shape index (κ2) is 3.46. The molecule has 0 unspecified atom stereocenters. The van der Waals surface area contributed by atoms with E-state index in [1.54, 1.807) is 13.8 Å². The van der Waals surface area contributed by atoms with Gasteiger partial charge in [-0.25, -0.2) is 4.98 Å². The smallest absolute Gasteiger partial charge is 0.192 e. The van der Waals surface area contributed by atoms with Crippen LogP contribution < -0.4 is 0 Å². The molecule has 1 aromatic carbocycles. The van der Waals surface area contributed by atoms with Gasteiger partial charge in [0, 0.05) is 18.7 Å². The van der Waals surface area contributed by atoms with Crippen LogP contribution in [0.15, 0.2) is 27.5 Å². The summed E-state index contributed by atoms with van der Waals surface area (Å²) in [4.78, 5) is 16.0. The third kappa shape index (κ3) is 1.80. The monoisotopic (exact) mass is 207 g/mol. The van der Waals surface area contributed by atoms with Crippen LogP contribution in [0.3, 0.4) is 0 Å². The fourth-order valence-electron chi connectivity index (χ4n) is 1.25. The molecule has 0 atom stereocenters. The van der Waals surface area contributed by atoms with Gasteiger partial charge >= 0.3 is 0 Å². The molecule has 2 rings (SSSR count). The van der Waals surface area contributed by atoms with E-state index in [1.807, 2.05) is 18.2 Å². The van der Waals surface area contributed by atoms with Crippen molar-refractivity contribution >= 4 is 28.0 Å². The van der Waals surface area contributed by atoms with Crippen LogP contribution in [-0.2, 0) is 4.79 Å². The van der Waals surface area contributed by atoms with E-state index in [1.165, 1.54) is 11.8 Å². The maximum absolute atomic E-state index is 10.9. The molecule has 1 heterocycles. The Morgan fingerprint density at radius 3 is 3.00 bits per heavy atom. The van der Waals surface area contributed by atoms with Crippen LogP contribution in [0.4, 0.5) is 0 Å². The molecule has 0 radical (unpaired) electrons. The Kier molecular flexibility index (Phi) is 2.29. The number of nitrogens with zero attached hydrogens (tertiary/aromatic N) is 1. The fraction of sp³-hybridized carbons (Fsp3) is 0.200. The molecule has 0 bridgehead atoms. The normalized spacial score (nSPS) is 10.7. The number of carbonyl (C=O) groups is 1. The van der Waals surface area contributed by atoms with Crippen molar-refractivity contribution in [2.24, 2.45) is 0 Å². The van der Waals surface area contributed by atoms with Gasteiger partial charge in [0.1, 0.15) is 5.52 Å². The molecule has 0 aliphatic rings. The number of thioether (sulfide) groups is 1. The zero-order chi connectivity index (χ0) is 10.1. The molecule has 0 saturated carbocycles. The standard InChI is InChI=1S/C10H9NO2S/c1-6-11-9-5-8(14-7(2)12)3-4-10(9)13-6/h3-5H,1-2H3. The molecule has 0 N–H and O–H groups in total. The highest BCUT2D eigenvalue weighted by Crippen LogP contribution is 2.24. The Balaban J connectivity index is 2.45. The van der Waals surface area contributed by atoms with Crippen LogP contribution in [0.1, 0.15) is 12.8 Å². The minimum Gasteiger partial charge on any atom is -0.441 e. The van der Waals surface area contributed by atoms with E-state index in [9.17, 15) is 4.79 Å². The van der Waals surface area contributed by atoms with Crippen LogP contribution in [0.2, 0.25) is 0 Å². The summed E-state index contributed by atoms with van der Waals surface area (Å²) in [6.07, 6.45) is 0. The van der Waals surface area contributed by atoms with Gasteiger partial charge in [0.25, 0.3) is 0 Å². The molecule has 0 amide bonds. The van der Waals surface area contributed by atoms with Crippen molar-refractivity contribution in [3.8, 4) is 0 Å². The predicted octanol–water partition coefficient (Wildman–Crippen LogP) is 2.77. The highest BCUT2D eigenvalue weighted by molar-refractivity contribution is 8.13. The van der Waals surface area contributed by atoms with Crippen molar-refractivity contribution in [1.82, 2.24) is 4.98 Å².